The lowest BCUT2D eigenvalue weighted by Gasteiger charge is -2.38. The molecule has 0 radical (unpaired) electrons. The fraction of sp³-hybridized carbons (Fsp3) is 0.350. The quantitative estimate of drug-likeness (QED) is 0.742. The Balaban J connectivity index is 1.75. The Morgan fingerprint density at radius 2 is 1.85 bits per heavy atom. The molecule has 1 saturated heterocycles. The number of nitrogens with one attached hydrogen (secondary N) is 1. The van der Waals surface area contributed by atoms with Crippen molar-refractivity contribution >= 4 is 33.4 Å². The lowest BCUT2D eigenvalue weighted by molar-refractivity contribution is -0.130. The monoisotopic (exact) mass is 437 g/mol. The number of rotatable bonds is 5. The first kappa shape index (κ1) is 19.4. The van der Waals surface area contributed by atoms with E-state index >= 15 is 0 Å². The lowest BCUT2D eigenvalue weighted by atomic mass is 9.74. The molecule has 2 aromatic carbocycles. The predicted molar refractivity (Wildman–Crippen MR) is 105 cm³/mol. The number of benzene rings is 2. The molecule has 1 amide bonds. The smallest absolute Gasteiger partial charge is 0.253 e. The van der Waals surface area contributed by atoms with Crippen molar-refractivity contribution in [1.82, 2.24) is 5.32 Å². The third-order valence-corrected chi connectivity index (χ3v) is 5.83. The number of hydrogen-bond acceptors (Lipinski definition) is 3. The van der Waals surface area contributed by atoms with Crippen LogP contribution >= 0.6 is 27.5 Å². The second-order valence-corrected chi connectivity index (χ2v) is 7.86. The summed E-state index contributed by atoms with van der Waals surface area (Å²) in [4.78, 5) is 12.5. The number of carbonyl (C=O) groups is 1. The summed E-state index contributed by atoms with van der Waals surface area (Å²) in [6, 6.07) is 15.0. The maximum absolute atomic E-state index is 12.5. The van der Waals surface area contributed by atoms with Crippen LogP contribution in [0, 0.1) is 0 Å². The molecule has 138 valence electrons. The number of ether oxygens (including phenoxy) is 1. The van der Waals surface area contributed by atoms with Gasteiger partial charge in [0.15, 0.2) is 6.10 Å². The van der Waals surface area contributed by atoms with Crippen molar-refractivity contribution in [2.75, 3.05) is 19.8 Å². The van der Waals surface area contributed by atoms with Crippen molar-refractivity contribution < 1.29 is 14.6 Å². The molecular weight excluding hydrogens is 418 g/mol. The third-order valence-electron chi connectivity index (χ3n) is 4.96. The molecule has 3 rings (SSSR count). The van der Waals surface area contributed by atoms with Gasteiger partial charge in [0.25, 0.3) is 5.91 Å². The van der Waals surface area contributed by atoms with Gasteiger partial charge in [-0.2, -0.15) is 0 Å². The summed E-state index contributed by atoms with van der Waals surface area (Å²) in [7, 11) is 0. The molecule has 1 heterocycles. The molecule has 0 spiro atoms. The molecule has 1 aliphatic heterocycles. The summed E-state index contributed by atoms with van der Waals surface area (Å²) in [5, 5.41) is 13.7. The van der Waals surface area contributed by atoms with Crippen molar-refractivity contribution in [3.05, 3.63) is 69.2 Å². The molecule has 2 aromatic rings. The van der Waals surface area contributed by atoms with Crippen LogP contribution in [0.25, 0.3) is 0 Å². The first-order chi connectivity index (χ1) is 12.5. The summed E-state index contributed by atoms with van der Waals surface area (Å²) in [6.45, 7) is 1.75. The Morgan fingerprint density at radius 3 is 2.50 bits per heavy atom. The van der Waals surface area contributed by atoms with Crippen molar-refractivity contribution in [2.45, 2.75) is 24.4 Å². The molecule has 0 saturated carbocycles. The molecule has 1 fully saturated rings. The van der Waals surface area contributed by atoms with Gasteiger partial charge >= 0.3 is 0 Å². The molecule has 0 aromatic heterocycles. The molecule has 2 N–H and O–H groups in total. The SMILES string of the molecule is O=C(NCC1(c2ccc(Br)cc2)CCOCC1)[C@H](O)c1ccccc1Cl. The molecule has 0 aliphatic carbocycles. The zero-order valence-corrected chi connectivity index (χ0v) is 16.6. The standard InChI is InChI=1S/C20H21BrClNO3/c21-15-7-5-14(6-8-15)20(9-11-26-12-10-20)13-23-19(25)18(24)16-3-1-2-4-17(16)22/h1-8,18,24H,9-13H2,(H,23,25)/t18-/m1/s1. The van der Waals surface area contributed by atoms with E-state index in [1.807, 2.05) is 12.1 Å². The van der Waals surface area contributed by atoms with Gasteiger partial charge in [0.1, 0.15) is 0 Å². The third kappa shape index (κ3) is 4.29. The first-order valence-electron chi connectivity index (χ1n) is 8.56. The predicted octanol–water partition coefficient (Wildman–Crippen LogP) is 4.00. The highest BCUT2D eigenvalue weighted by molar-refractivity contribution is 9.10. The first-order valence-corrected chi connectivity index (χ1v) is 9.73. The molecular formula is C20H21BrClNO3. The van der Waals surface area contributed by atoms with Crippen LogP contribution in [0.4, 0.5) is 0 Å². The number of amides is 1. The van der Waals surface area contributed by atoms with E-state index in [1.165, 1.54) is 0 Å². The van der Waals surface area contributed by atoms with Gasteiger partial charge < -0.3 is 15.2 Å². The Bertz CT molecular complexity index is 760. The largest absolute Gasteiger partial charge is 0.381 e. The minimum atomic E-state index is -1.29. The highest BCUT2D eigenvalue weighted by Crippen LogP contribution is 2.35. The molecule has 6 heteroatoms. The Hall–Kier alpha value is -1.40. The minimum absolute atomic E-state index is 0.200. The van der Waals surface area contributed by atoms with Crippen LogP contribution in [0.1, 0.15) is 30.1 Å². The van der Waals surface area contributed by atoms with E-state index in [-0.39, 0.29) is 5.41 Å². The zero-order chi connectivity index (χ0) is 18.6. The highest BCUT2D eigenvalue weighted by atomic mass is 79.9. The number of halogens is 2. The Morgan fingerprint density at radius 1 is 1.19 bits per heavy atom. The van der Waals surface area contributed by atoms with Gasteiger partial charge in [-0.15, -0.1) is 0 Å². The maximum Gasteiger partial charge on any atom is 0.253 e. The summed E-state index contributed by atoms with van der Waals surface area (Å²) in [5.74, 6) is -0.443. The van der Waals surface area contributed by atoms with E-state index in [1.54, 1.807) is 24.3 Å². The second kappa shape index (κ2) is 8.53. The van der Waals surface area contributed by atoms with Crippen LogP contribution in [0.2, 0.25) is 5.02 Å². The van der Waals surface area contributed by atoms with E-state index in [9.17, 15) is 9.90 Å². The maximum atomic E-state index is 12.5. The average Bonchev–Trinajstić information content (AvgIpc) is 2.67. The van der Waals surface area contributed by atoms with Gasteiger partial charge in [0, 0.05) is 40.2 Å². The molecule has 0 unspecified atom stereocenters. The summed E-state index contributed by atoms with van der Waals surface area (Å²) < 4.78 is 6.54. The van der Waals surface area contributed by atoms with Crippen LogP contribution in [0.5, 0.6) is 0 Å². The van der Waals surface area contributed by atoms with E-state index in [4.69, 9.17) is 16.3 Å². The van der Waals surface area contributed by atoms with Crippen molar-refractivity contribution in [2.24, 2.45) is 0 Å². The van der Waals surface area contributed by atoms with Gasteiger partial charge in [0.2, 0.25) is 0 Å². The summed E-state index contributed by atoms with van der Waals surface area (Å²) >= 11 is 9.55. The fourth-order valence-corrected chi connectivity index (χ4v) is 3.83. The number of aliphatic hydroxyl groups excluding tert-OH is 1. The van der Waals surface area contributed by atoms with E-state index in [0.29, 0.717) is 30.3 Å². The van der Waals surface area contributed by atoms with Gasteiger partial charge in [0.05, 0.1) is 0 Å². The fourth-order valence-electron chi connectivity index (χ4n) is 3.32. The number of aliphatic hydroxyl groups is 1. The second-order valence-electron chi connectivity index (χ2n) is 6.54. The molecule has 4 nitrogen and oxygen atoms in total. The van der Waals surface area contributed by atoms with Crippen molar-refractivity contribution in [1.29, 1.82) is 0 Å². The molecule has 0 bridgehead atoms. The van der Waals surface area contributed by atoms with Gasteiger partial charge in [-0.25, -0.2) is 0 Å². The molecule has 1 atom stereocenters. The summed E-state index contributed by atoms with van der Waals surface area (Å²) in [6.07, 6.45) is 0.347. The van der Waals surface area contributed by atoms with Crippen molar-refractivity contribution in [3.63, 3.8) is 0 Å². The lowest BCUT2D eigenvalue weighted by Crippen LogP contribution is -2.45. The Labute approximate surface area is 166 Å². The van der Waals surface area contributed by atoms with Crippen LogP contribution in [0.15, 0.2) is 53.0 Å². The average molecular weight is 439 g/mol. The number of carbonyl (C=O) groups excluding carboxylic acids is 1. The van der Waals surface area contributed by atoms with Gasteiger partial charge in [-0.1, -0.05) is 57.9 Å². The zero-order valence-electron chi connectivity index (χ0n) is 14.3. The normalized spacial score (nSPS) is 17.5. The highest BCUT2D eigenvalue weighted by Gasteiger charge is 2.35. The minimum Gasteiger partial charge on any atom is -0.381 e. The molecule has 1 aliphatic rings. The van der Waals surface area contributed by atoms with E-state index in [2.05, 4.69) is 33.4 Å². The van der Waals surface area contributed by atoms with Crippen LogP contribution in [-0.2, 0) is 14.9 Å². The van der Waals surface area contributed by atoms with E-state index < -0.39 is 12.0 Å². The van der Waals surface area contributed by atoms with Gasteiger partial charge in [-0.3, -0.25) is 4.79 Å². The summed E-state index contributed by atoms with van der Waals surface area (Å²) in [5.41, 5.74) is 1.38. The van der Waals surface area contributed by atoms with Crippen LogP contribution in [-0.4, -0.2) is 30.8 Å². The van der Waals surface area contributed by atoms with Crippen molar-refractivity contribution in [3.8, 4) is 0 Å². The topological polar surface area (TPSA) is 58.6 Å². The number of hydrogen-bond donors (Lipinski definition) is 2. The van der Waals surface area contributed by atoms with Crippen LogP contribution in [0.3, 0.4) is 0 Å². The Kier molecular flexibility index (Phi) is 6.35. The van der Waals surface area contributed by atoms with Gasteiger partial charge in [-0.05, 0) is 36.6 Å². The van der Waals surface area contributed by atoms with E-state index in [0.717, 1.165) is 22.9 Å². The van der Waals surface area contributed by atoms with Crippen LogP contribution < -0.4 is 5.32 Å². The molecule has 26 heavy (non-hydrogen) atoms.